The van der Waals surface area contributed by atoms with Crippen LogP contribution in [0.15, 0.2) is 0 Å². The first-order chi connectivity index (χ1) is 6.88. The van der Waals surface area contributed by atoms with Gasteiger partial charge in [-0.2, -0.15) is 0 Å². The predicted octanol–water partition coefficient (Wildman–Crippen LogP) is 2.76. The van der Waals surface area contributed by atoms with Crippen molar-refractivity contribution in [2.45, 2.75) is 39.0 Å². The highest BCUT2D eigenvalue weighted by Crippen LogP contribution is 2.51. The van der Waals surface area contributed by atoms with Gasteiger partial charge >= 0.3 is 0 Å². The molecule has 1 saturated heterocycles. The monoisotopic (exact) mass is 193 g/mol. The van der Waals surface area contributed by atoms with Crippen LogP contribution in [-0.4, -0.2) is 24.5 Å². The molecule has 0 radical (unpaired) electrons. The number of rotatable bonds is 1. The van der Waals surface area contributed by atoms with Crippen molar-refractivity contribution in [2.24, 2.45) is 23.7 Å². The number of likely N-dealkylation sites (tertiary alicyclic amines) is 1. The quantitative estimate of drug-likeness (QED) is 0.619. The lowest BCUT2D eigenvalue weighted by atomic mass is 9.77. The SMILES string of the molecule is CCN1CC2CC(C1)C1CCCCC21. The normalized spacial score (nSPS) is 47.8. The summed E-state index contributed by atoms with van der Waals surface area (Å²) in [5.41, 5.74) is 0. The Bertz CT molecular complexity index is 193. The maximum absolute atomic E-state index is 2.71. The first-order valence-corrected chi connectivity index (χ1v) is 6.61. The summed E-state index contributed by atoms with van der Waals surface area (Å²) in [7, 11) is 0. The van der Waals surface area contributed by atoms with Crippen LogP contribution in [0.2, 0.25) is 0 Å². The molecular formula is C13H23N. The van der Waals surface area contributed by atoms with Gasteiger partial charge in [-0.25, -0.2) is 0 Å². The van der Waals surface area contributed by atoms with Crippen LogP contribution in [0.3, 0.4) is 0 Å². The van der Waals surface area contributed by atoms with Crippen molar-refractivity contribution in [2.75, 3.05) is 19.6 Å². The van der Waals surface area contributed by atoms with Crippen LogP contribution in [0.4, 0.5) is 0 Å². The standard InChI is InChI=1S/C13H23N/c1-2-14-8-10-7-11(9-14)13-6-4-3-5-12(10)13/h10-13H,2-9H2,1H3. The van der Waals surface area contributed by atoms with E-state index in [0.29, 0.717) is 0 Å². The van der Waals surface area contributed by atoms with E-state index in [1.54, 1.807) is 19.3 Å². The molecule has 2 bridgehead atoms. The Morgan fingerprint density at radius 2 is 1.57 bits per heavy atom. The molecule has 4 unspecified atom stereocenters. The van der Waals surface area contributed by atoms with E-state index in [1.165, 1.54) is 32.5 Å². The number of hydrogen-bond donors (Lipinski definition) is 0. The van der Waals surface area contributed by atoms with Gasteiger partial charge in [-0.15, -0.1) is 0 Å². The maximum atomic E-state index is 2.71. The van der Waals surface area contributed by atoms with Gasteiger partial charge in [0.15, 0.2) is 0 Å². The first kappa shape index (κ1) is 9.21. The van der Waals surface area contributed by atoms with Gasteiger partial charge in [0.2, 0.25) is 0 Å². The summed E-state index contributed by atoms with van der Waals surface area (Å²) in [5.74, 6) is 4.42. The van der Waals surface area contributed by atoms with Crippen molar-refractivity contribution in [3.63, 3.8) is 0 Å². The minimum atomic E-state index is 1.08. The molecule has 3 rings (SSSR count). The molecule has 14 heavy (non-hydrogen) atoms. The second-order valence-electron chi connectivity index (χ2n) is 5.72. The molecule has 4 atom stereocenters. The Labute approximate surface area is 87.9 Å². The summed E-state index contributed by atoms with van der Waals surface area (Å²) in [6, 6.07) is 0. The Morgan fingerprint density at radius 3 is 2.07 bits per heavy atom. The van der Waals surface area contributed by atoms with E-state index in [2.05, 4.69) is 11.8 Å². The Kier molecular flexibility index (Phi) is 2.31. The summed E-state index contributed by atoms with van der Waals surface area (Å²) < 4.78 is 0. The smallest absolute Gasteiger partial charge is 0.00125 e. The minimum Gasteiger partial charge on any atom is -0.303 e. The van der Waals surface area contributed by atoms with E-state index >= 15 is 0 Å². The minimum absolute atomic E-state index is 1.08. The topological polar surface area (TPSA) is 3.24 Å². The highest BCUT2D eigenvalue weighted by Gasteiger charge is 2.47. The van der Waals surface area contributed by atoms with Crippen LogP contribution < -0.4 is 0 Å². The Morgan fingerprint density at radius 1 is 1.00 bits per heavy atom. The first-order valence-electron chi connectivity index (χ1n) is 6.61. The fourth-order valence-corrected chi connectivity index (χ4v) is 4.51. The molecule has 0 aromatic heterocycles. The third kappa shape index (κ3) is 1.32. The lowest BCUT2D eigenvalue weighted by Gasteiger charge is -2.31. The summed E-state index contributed by atoms with van der Waals surface area (Å²) in [6.07, 6.45) is 7.74. The fourth-order valence-electron chi connectivity index (χ4n) is 4.51. The molecule has 3 fully saturated rings. The van der Waals surface area contributed by atoms with E-state index in [9.17, 15) is 0 Å². The molecule has 1 aliphatic heterocycles. The van der Waals surface area contributed by atoms with Crippen LogP contribution in [-0.2, 0) is 0 Å². The second kappa shape index (κ2) is 3.52. The van der Waals surface area contributed by atoms with Gasteiger partial charge in [0.25, 0.3) is 0 Å². The van der Waals surface area contributed by atoms with Gasteiger partial charge in [-0.3, -0.25) is 0 Å². The summed E-state index contributed by atoms with van der Waals surface area (Å²) in [6.45, 7) is 6.46. The third-order valence-electron chi connectivity index (χ3n) is 5.12. The number of fused-ring (bicyclic) bond motifs is 5. The molecule has 1 nitrogen and oxygen atoms in total. The maximum Gasteiger partial charge on any atom is 0.00125 e. The highest BCUT2D eigenvalue weighted by atomic mass is 15.1. The van der Waals surface area contributed by atoms with Crippen molar-refractivity contribution >= 4 is 0 Å². The molecule has 0 amide bonds. The third-order valence-corrected chi connectivity index (χ3v) is 5.12. The lowest BCUT2D eigenvalue weighted by Crippen LogP contribution is -2.37. The van der Waals surface area contributed by atoms with Gasteiger partial charge < -0.3 is 4.90 Å². The van der Waals surface area contributed by atoms with Gasteiger partial charge in [-0.05, 0) is 49.5 Å². The highest BCUT2D eigenvalue weighted by molar-refractivity contribution is 4.98. The van der Waals surface area contributed by atoms with Gasteiger partial charge in [0.1, 0.15) is 0 Å². The van der Waals surface area contributed by atoms with Crippen LogP contribution in [0.25, 0.3) is 0 Å². The molecular weight excluding hydrogens is 170 g/mol. The van der Waals surface area contributed by atoms with Gasteiger partial charge in [0.05, 0.1) is 0 Å². The van der Waals surface area contributed by atoms with Crippen molar-refractivity contribution in [1.29, 1.82) is 0 Å². The average molecular weight is 193 g/mol. The molecule has 1 heteroatoms. The average Bonchev–Trinajstić information content (AvgIpc) is 2.52. The molecule has 0 aromatic rings. The van der Waals surface area contributed by atoms with E-state index in [-0.39, 0.29) is 0 Å². The Hall–Kier alpha value is -0.0400. The molecule has 2 aliphatic carbocycles. The predicted molar refractivity (Wildman–Crippen MR) is 59.2 cm³/mol. The molecule has 1 heterocycles. The zero-order chi connectivity index (χ0) is 9.54. The molecule has 2 saturated carbocycles. The van der Waals surface area contributed by atoms with Crippen LogP contribution in [0, 0.1) is 23.7 Å². The van der Waals surface area contributed by atoms with E-state index in [1.807, 2.05) is 0 Å². The molecule has 3 aliphatic rings. The van der Waals surface area contributed by atoms with E-state index in [0.717, 1.165) is 23.7 Å². The van der Waals surface area contributed by atoms with Crippen molar-refractivity contribution in [3.05, 3.63) is 0 Å². The number of piperidine rings is 1. The molecule has 80 valence electrons. The zero-order valence-electron chi connectivity index (χ0n) is 9.41. The van der Waals surface area contributed by atoms with Crippen molar-refractivity contribution in [3.8, 4) is 0 Å². The van der Waals surface area contributed by atoms with Crippen LogP contribution in [0.1, 0.15) is 39.0 Å². The van der Waals surface area contributed by atoms with Crippen LogP contribution >= 0.6 is 0 Å². The van der Waals surface area contributed by atoms with Gasteiger partial charge in [-0.1, -0.05) is 19.8 Å². The molecule has 0 spiro atoms. The van der Waals surface area contributed by atoms with Crippen molar-refractivity contribution in [1.82, 2.24) is 4.90 Å². The largest absolute Gasteiger partial charge is 0.303 e. The van der Waals surface area contributed by atoms with E-state index < -0.39 is 0 Å². The van der Waals surface area contributed by atoms with Crippen molar-refractivity contribution < 1.29 is 0 Å². The fraction of sp³-hybridized carbons (Fsp3) is 1.00. The summed E-state index contributed by atoms with van der Waals surface area (Å²) >= 11 is 0. The Balaban J connectivity index is 1.77. The van der Waals surface area contributed by atoms with E-state index in [4.69, 9.17) is 0 Å². The number of hydrogen-bond acceptors (Lipinski definition) is 1. The number of nitrogens with zero attached hydrogens (tertiary/aromatic N) is 1. The zero-order valence-corrected chi connectivity index (χ0v) is 9.41. The van der Waals surface area contributed by atoms with Gasteiger partial charge in [0, 0.05) is 13.1 Å². The second-order valence-corrected chi connectivity index (χ2v) is 5.72. The molecule has 0 aromatic carbocycles. The summed E-state index contributed by atoms with van der Waals surface area (Å²) in [5, 5.41) is 0. The molecule has 0 N–H and O–H groups in total. The summed E-state index contributed by atoms with van der Waals surface area (Å²) in [4.78, 5) is 2.71. The van der Waals surface area contributed by atoms with Crippen LogP contribution in [0.5, 0.6) is 0 Å². The lowest BCUT2D eigenvalue weighted by molar-refractivity contribution is 0.163.